The van der Waals surface area contributed by atoms with E-state index in [0.717, 1.165) is 16.6 Å². The van der Waals surface area contributed by atoms with Gasteiger partial charge < -0.3 is 9.55 Å². The zero-order valence-electron chi connectivity index (χ0n) is 11.3. The number of aromatic amines is 1. The van der Waals surface area contributed by atoms with Gasteiger partial charge in [-0.1, -0.05) is 12.1 Å². The molecule has 3 nitrogen and oxygen atoms in total. The average molecular weight is 297 g/mol. The molecule has 1 unspecified atom stereocenters. The summed E-state index contributed by atoms with van der Waals surface area (Å²) in [5, 5.41) is 9.04. The molecule has 1 atom stereocenters. The van der Waals surface area contributed by atoms with E-state index in [1.807, 2.05) is 23.6 Å². The summed E-state index contributed by atoms with van der Waals surface area (Å²) in [6.45, 7) is 2.00. The number of hydrogen-bond acceptors (Lipinski definition) is 2. The lowest BCUT2D eigenvalue weighted by atomic mass is 10.1. The molecular formula is C16H12FN3S. The molecule has 5 heteroatoms. The van der Waals surface area contributed by atoms with Crippen LogP contribution >= 0.6 is 12.2 Å². The van der Waals surface area contributed by atoms with Crippen LogP contribution in [-0.4, -0.2) is 9.55 Å². The first-order valence-electron chi connectivity index (χ1n) is 6.50. The van der Waals surface area contributed by atoms with Gasteiger partial charge in [-0.2, -0.15) is 5.26 Å². The second kappa shape index (κ2) is 5.15. The zero-order chi connectivity index (χ0) is 15.0. The maximum Gasteiger partial charge on any atom is 0.178 e. The first-order chi connectivity index (χ1) is 10.1. The van der Waals surface area contributed by atoms with Gasteiger partial charge in [0.05, 0.1) is 28.7 Å². The quantitative estimate of drug-likeness (QED) is 0.716. The van der Waals surface area contributed by atoms with E-state index in [2.05, 4.69) is 11.1 Å². The summed E-state index contributed by atoms with van der Waals surface area (Å²) >= 11 is 5.38. The van der Waals surface area contributed by atoms with Crippen LogP contribution in [0.2, 0.25) is 0 Å². The van der Waals surface area contributed by atoms with Gasteiger partial charge in [-0.15, -0.1) is 0 Å². The van der Waals surface area contributed by atoms with E-state index in [-0.39, 0.29) is 11.9 Å². The van der Waals surface area contributed by atoms with Gasteiger partial charge in [-0.25, -0.2) is 4.39 Å². The van der Waals surface area contributed by atoms with Gasteiger partial charge >= 0.3 is 0 Å². The van der Waals surface area contributed by atoms with Crippen LogP contribution in [0.15, 0.2) is 42.5 Å². The number of hydrogen-bond donors (Lipinski definition) is 1. The summed E-state index contributed by atoms with van der Waals surface area (Å²) < 4.78 is 15.6. The van der Waals surface area contributed by atoms with Gasteiger partial charge in [-0.3, -0.25) is 0 Å². The fourth-order valence-corrected chi connectivity index (χ4v) is 2.83. The Morgan fingerprint density at radius 3 is 2.62 bits per heavy atom. The molecular weight excluding hydrogens is 285 g/mol. The number of rotatable bonds is 2. The van der Waals surface area contributed by atoms with Crippen LogP contribution in [0.5, 0.6) is 0 Å². The van der Waals surface area contributed by atoms with E-state index < -0.39 is 0 Å². The molecule has 0 radical (unpaired) electrons. The van der Waals surface area contributed by atoms with Crippen molar-refractivity contribution in [3.8, 4) is 6.07 Å². The molecule has 0 aliphatic rings. The largest absolute Gasteiger partial charge is 0.331 e. The molecule has 0 saturated heterocycles. The number of nitriles is 1. The molecule has 0 fully saturated rings. The first-order valence-corrected chi connectivity index (χ1v) is 6.91. The molecule has 104 valence electrons. The molecule has 3 rings (SSSR count). The van der Waals surface area contributed by atoms with Crippen LogP contribution in [0.3, 0.4) is 0 Å². The molecule has 0 spiro atoms. The first kappa shape index (κ1) is 13.5. The Hall–Kier alpha value is -2.45. The van der Waals surface area contributed by atoms with Crippen molar-refractivity contribution in [2.24, 2.45) is 0 Å². The number of imidazole rings is 1. The van der Waals surface area contributed by atoms with Gasteiger partial charge in [0.25, 0.3) is 0 Å². The summed E-state index contributed by atoms with van der Waals surface area (Å²) in [4.78, 5) is 3.13. The lowest BCUT2D eigenvalue weighted by Crippen LogP contribution is -2.06. The zero-order valence-corrected chi connectivity index (χ0v) is 12.1. The highest BCUT2D eigenvalue weighted by atomic mass is 32.1. The standard InChI is InChI=1S/C16H12FN3S/c1-10(12-3-5-13(17)6-4-12)20-15-8-11(9-18)2-7-14(15)19-16(20)21/h2-8,10H,1H3,(H,19,21). The van der Waals surface area contributed by atoms with Crippen molar-refractivity contribution in [2.75, 3.05) is 0 Å². The lowest BCUT2D eigenvalue weighted by Gasteiger charge is -2.15. The fraction of sp³-hybridized carbons (Fsp3) is 0.125. The third-order valence-corrected chi connectivity index (χ3v) is 3.89. The van der Waals surface area contributed by atoms with Crippen LogP contribution in [0.1, 0.15) is 24.1 Å². The number of benzene rings is 2. The molecule has 0 saturated carbocycles. The Bertz CT molecular complexity index is 900. The van der Waals surface area contributed by atoms with E-state index >= 15 is 0 Å². The van der Waals surface area contributed by atoms with Crippen LogP contribution in [0.4, 0.5) is 4.39 Å². The Morgan fingerprint density at radius 2 is 1.95 bits per heavy atom. The van der Waals surface area contributed by atoms with Crippen molar-refractivity contribution in [2.45, 2.75) is 13.0 Å². The van der Waals surface area contributed by atoms with Crippen molar-refractivity contribution in [1.29, 1.82) is 5.26 Å². The molecule has 0 bridgehead atoms. The summed E-state index contributed by atoms with van der Waals surface area (Å²) in [6.07, 6.45) is 0. The minimum absolute atomic E-state index is 0.0548. The van der Waals surface area contributed by atoms with Crippen LogP contribution < -0.4 is 0 Å². The molecule has 0 amide bonds. The predicted octanol–water partition coefficient (Wildman–Crippen LogP) is 4.32. The van der Waals surface area contributed by atoms with Crippen LogP contribution in [0.25, 0.3) is 11.0 Å². The summed E-state index contributed by atoms with van der Waals surface area (Å²) in [7, 11) is 0. The highest BCUT2D eigenvalue weighted by Gasteiger charge is 2.13. The number of aromatic nitrogens is 2. The number of H-pyrrole nitrogens is 1. The Kier molecular flexibility index (Phi) is 3.32. The number of halogens is 1. The highest BCUT2D eigenvalue weighted by Crippen LogP contribution is 2.25. The van der Waals surface area contributed by atoms with Crippen LogP contribution in [0, 0.1) is 21.9 Å². The van der Waals surface area contributed by atoms with E-state index in [4.69, 9.17) is 17.5 Å². The third-order valence-electron chi connectivity index (χ3n) is 3.59. The van der Waals surface area contributed by atoms with Crippen molar-refractivity contribution in [1.82, 2.24) is 9.55 Å². The Balaban J connectivity index is 2.19. The Labute approximate surface area is 126 Å². The summed E-state index contributed by atoms with van der Waals surface area (Å²) in [5.74, 6) is -0.264. The monoisotopic (exact) mass is 297 g/mol. The van der Waals surface area contributed by atoms with Crippen molar-refractivity contribution >= 4 is 23.3 Å². The van der Waals surface area contributed by atoms with Gasteiger partial charge in [-0.05, 0) is 55.0 Å². The molecule has 3 aromatic rings. The summed E-state index contributed by atoms with van der Waals surface area (Å²) in [6, 6.07) is 13.8. The molecule has 0 aliphatic carbocycles. The average Bonchev–Trinajstić information content (AvgIpc) is 2.82. The maximum absolute atomic E-state index is 13.1. The third kappa shape index (κ3) is 2.34. The topological polar surface area (TPSA) is 44.5 Å². The summed E-state index contributed by atoms with van der Waals surface area (Å²) in [5.41, 5.74) is 3.29. The van der Waals surface area contributed by atoms with Gasteiger partial charge in [0.2, 0.25) is 0 Å². The van der Waals surface area contributed by atoms with Crippen molar-refractivity contribution in [3.05, 3.63) is 64.2 Å². The molecule has 1 heterocycles. The molecule has 1 aromatic heterocycles. The molecule has 21 heavy (non-hydrogen) atoms. The Morgan fingerprint density at radius 1 is 1.24 bits per heavy atom. The molecule has 1 N–H and O–H groups in total. The number of fused-ring (bicyclic) bond motifs is 1. The lowest BCUT2D eigenvalue weighted by molar-refractivity contribution is 0.618. The highest BCUT2D eigenvalue weighted by molar-refractivity contribution is 7.71. The molecule has 2 aromatic carbocycles. The normalized spacial score (nSPS) is 12.2. The van der Waals surface area contributed by atoms with Crippen molar-refractivity contribution < 1.29 is 4.39 Å². The SMILES string of the molecule is CC(c1ccc(F)cc1)n1c(=S)[nH]c2ccc(C#N)cc21. The second-order valence-electron chi connectivity index (χ2n) is 4.87. The fourth-order valence-electron chi connectivity index (χ4n) is 2.47. The van der Waals surface area contributed by atoms with Gasteiger partial charge in [0.1, 0.15) is 5.82 Å². The smallest absolute Gasteiger partial charge is 0.178 e. The van der Waals surface area contributed by atoms with Gasteiger partial charge in [0.15, 0.2) is 4.77 Å². The predicted molar refractivity (Wildman–Crippen MR) is 82.1 cm³/mol. The second-order valence-corrected chi connectivity index (χ2v) is 5.26. The number of nitrogens with one attached hydrogen (secondary N) is 1. The van der Waals surface area contributed by atoms with Crippen molar-refractivity contribution in [3.63, 3.8) is 0 Å². The maximum atomic E-state index is 13.1. The minimum Gasteiger partial charge on any atom is -0.331 e. The minimum atomic E-state index is -0.264. The van der Waals surface area contributed by atoms with E-state index in [1.54, 1.807) is 18.2 Å². The van der Waals surface area contributed by atoms with E-state index in [0.29, 0.717) is 10.3 Å². The van der Waals surface area contributed by atoms with E-state index in [9.17, 15) is 4.39 Å². The van der Waals surface area contributed by atoms with Crippen LogP contribution in [-0.2, 0) is 0 Å². The van der Waals surface area contributed by atoms with E-state index in [1.165, 1.54) is 12.1 Å². The number of nitrogens with zero attached hydrogens (tertiary/aromatic N) is 2. The van der Waals surface area contributed by atoms with Gasteiger partial charge in [0, 0.05) is 0 Å². The molecule has 0 aliphatic heterocycles.